The summed E-state index contributed by atoms with van der Waals surface area (Å²) in [5, 5.41) is 11.7. The van der Waals surface area contributed by atoms with Crippen LogP contribution in [0.15, 0.2) is 0 Å². The molecule has 0 aromatic heterocycles. The van der Waals surface area contributed by atoms with Gasteiger partial charge in [0.25, 0.3) is 5.91 Å². The normalized spacial score (nSPS) is 25.9. The van der Waals surface area contributed by atoms with E-state index in [4.69, 9.17) is 0 Å². The summed E-state index contributed by atoms with van der Waals surface area (Å²) < 4.78 is 16.0. The Morgan fingerprint density at radius 2 is 1.51 bits per heavy atom. The van der Waals surface area contributed by atoms with Crippen molar-refractivity contribution in [3.8, 4) is 0 Å². The lowest BCUT2D eigenvalue weighted by molar-refractivity contribution is -0.144. The van der Waals surface area contributed by atoms with Crippen molar-refractivity contribution < 1.29 is 28.2 Å². The third-order valence-corrected chi connectivity index (χ3v) is 13.8. The number of urea groups is 1. The van der Waals surface area contributed by atoms with Gasteiger partial charge in [0, 0.05) is 51.7 Å². The van der Waals surface area contributed by atoms with Crippen molar-refractivity contribution in [3.05, 3.63) is 0 Å². The Hall–Kier alpha value is -2.58. The van der Waals surface area contributed by atoms with Gasteiger partial charge >= 0.3 is 6.03 Å². The number of ketones is 1. The predicted molar refractivity (Wildman–Crippen MR) is 198 cm³/mol. The summed E-state index contributed by atoms with van der Waals surface area (Å²) in [6.07, 6.45) is 6.23. The zero-order valence-electron chi connectivity index (χ0n) is 33.2. The summed E-state index contributed by atoms with van der Waals surface area (Å²) >= 11 is -1.40. The van der Waals surface area contributed by atoms with Crippen molar-refractivity contribution in [1.29, 1.82) is 0 Å². The van der Waals surface area contributed by atoms with Gasteiger partial charge in [-0.25, -0.2) is 17.6 Å². The second-order valence-corrected chi connectivity index (χ2v) is 20.3. The molecule has 0 aromatic rings. The van der Waals surface area contributed by atoms with Crippen LogP contribution in [0.2, 0.25) is 0 Å². The molecule has 0 bridgehead atoms. The van der Waals surface area contributed by atoms with E-state index < -0.39 is 69.8 Å². The summed E-state index contributed by atoms with van der Waals surface area (Å²) in [6.45, 7) is 18.7. The number of likely N-dealkylation sites (tertiary alicyclic amines) is 1. The van der Waals surface area contributed by atoms with E-state index in [2.05, 4.69) is 35.1 Å². The van der Waals surface area contributed by atoms with E-state index in [0.717, 1.165) is 32.1 Å². The van der Waals surface area contributed by atoms with Gasteiger partial charge < -0.3 is 26.2 Å². The van der Waals surface area contributed by atoms with Crippen molar-refractivity contribution in [3.63, 3.8) is 0 Å². The Morgan fingerprint density at radius 3 is 1.96 bits per heavy atom. The second kappa shape index (κ2) is 14.7. The number of hydrogen-bond donors (Lipinski definition) is 4. The first-order valence-corrected chi connectivity index (χ1v) is 19.8. The van der Waals surface area contributed by atoms with E-state index in [1.165, 1.54) is 0 Å². The molecule has 4 aliphatic rings. The molecule has 3 aliphatic carbocycles. The monoisotopic (exact) mass is 735 g/mol. The molecule has 1 saturated heterocycles. The van der Waals surface area contributed by atoms with Crippen molar-refractivity contribution in [1.82, 2.24) is 34.8 Å². The quantitative estimate of drug-likeness (QED) is 0.201. The van der Waals surface area contributed by atoms with Crippen LogP contribution in [0.5, 0.6) is 0 Å². The fraction of sp³-hybridized carbons (Fsp3) is 0.865. The Labute approximate surface area is 308 Å². The first kappa shape index (κ1) is 41.2. The molecule has 5 amide bonds. The molecular formula is C37H65N7O6S. The van der Waals surface area contributed by atoms with Gasteiger partial charge in [-0.2, -0.15) is 0 Å². The van der Waals surface area contributed by atoms with Gasteiger partial charge in [-0.15, -0.1) is 0 Å². The maximum atomic E-state index is 14.8. The fourth-order valence-corrected chi connectivity index (χ4v) is 9.65. The maximum Gasteiger partial charge on any atom is 0.315 e. The van der Waals surface area contributed by atoms with E-state index in [1.54, 1.807) is 34.7 Å². The zero-order valence-corrected chi connectivity index (χ0v) is 34.0. The lowest BCUT2D eigenvalue weighted by atomic mass is 9.73. The van der Waals surface area contributed by atoms with Crippen molar-refractivity contribution >= 4 is 40.7 Å². The SMILES string of the molecule is CCC[C@H](NC(=O)[C@@H]1C[C@@]2(CN1C(=O)[C@@H](NC(=O)N[C@H](CN(C)S(=O)N(C)C)C(C)(C)C)C(C)(C)C)C(C)(C)C21CCC1)C(=O)C(=O)NC1CC1. The largest absolute Gasteiger partial charge is 0.347 e. The van der Waals surface area contributed by atoms with Gasteiger partial charge in [-0.3, -0.25) is 19.2 Å². The van der Waals surface area contributed by atoms with Gasteiger partial charge in [-0.1, -0.05) is 75.2 Å². The van der Waals surface area contributed by atoms with Crippen LogP contribution in [0.3, 0.4) is 0 Å². The summed E-state index contributed by atoms with van der Waals surface area (Å²) in [6, 6.07) is -3.75. The standard InChI is InChI=1S/C37H65N7O6S/c1-13-15-24(27(45)30(47)38-23-16-17-23)39-29(46)25-20-37(35(8,9)36(37)18-14-19-36)22-44(25)31(48)28(34(5,6)7)41-32(49)40-26(33(2,3)4)21-43(12)51(50)42(10)11/h23-26,28H,13-22H2,1-12H3,(H,38,47)(H,39,46)(H2,40,41,49)/t24-,25-,26+,28+,37+,51?/m0/s1. The van der Waals surface area contributed by atoms with Gasteiger partial charge in [-0.05, 0) is 60.2 Å². The van der Waals surface area contributed by atoms with Gasteiger partial charge in [0.2, 0.25) is 17.6 Å². The number of carbonyl (C=O) groups is 5. The second-order valence-electron chi connectivity index (χ2n) is 18.5. The van der Waals surface area contributed by atoms with E-state index in [9.17, 15) is 28.2 Å². The third kappa shape index (κ3) is 8.02. The Morgan fingerprint density at radius 1 is 0.902 bits per heavy atom. The van der Waals surface area contributed by atoms with Crippen molar-refractivity contribution in [2.75, 3.05) is 34.2 Å². The van der Waals surface area contributed by atoms with Crippen molar-refractivity contribution in [2.45, 2.75) is 144 Å². The van der Waals surface area contributed by atoms with Crippen LogP contribution in [0.1, 0.15) is 114 Å². The lowest BCUT2D eigenvalue weighted by Crippen LogP contribution is -2.62. The zero-order chi connectivity index (χ0) is 38.5. The molecule has 1 aliphatic heterocycles. The van der Waals surface area contributed by atoms with E-state index in [0.29, 0.717) is 32.4 Å². The molecule has 1 heterocycles. The molecule has 13 nitrogen and oxygen atoms in total. The molecular weight excluding hydrogens is 671 g/mol. The number of amides is 5. The van der Waals surface area contributed by atoms with Crippen LogP contribution >= 0.6 is 0 Å². The molecule has 290 valence electrons. The highest BCUT2D eigenvalue weighted by atomic mass is 32.2. The smallest absolute Gasteiger partial charge is 0.315 e. The number of likely N-dealkylation sites (N-methyl/N-ethyl adjacent to an activating group) is 1. The number of rotatable bonds is 14. The predicted octanol–water partition coefficient (Wildman–Crippen LogP) is 3.12. The molecule has 2 spiro atoms. The molecule has 1 unspecified atom stereocenters. The topological polar surface area (TPSA) is 160 Å². The average Bonchev–Trinajstić information content (AvgIpc) is 3.82. The summed E-state index contributed by atoms with van der Waals surface area (Å²) in [7, 11) is 5.17. The molecule has 4 fully saturated rings. The highest BCUT2D eigenvalue weighted by Gasteiger charge is 2.85. The minimum Gasteiger partial charge on any atom is -0.347 e. The van der Waals surface area contributed by atoms with Crippen LogP contribution in [-0.4, -0.2) is 112 Å². The number of carbonyl (C=O) groups excluding carboxylic acids is 5. The number of fused-ring (bicyclic) bond motifs is 1. The van der Waals surface area contributed by atoms with Crippen LogP contribution in [0, 0.1) is 27.1 Å². The number of hydrogen-bond acceptors (Lipinski definition) is 6. The summed E-state index contributed by atoms with van der Waals surface area (Å²) in [5.41, 5.74) is -1.44. The van der Waals surface area contributed by atoms with Crippen LogP contribution < -0.4 is 21.3 Å². The first-order valence-electron chi connectivity index (χ1n) is 18.8. The highest BCUT2D eigenvalue weighted by molar-refractivity contribution is 7.80. The maximum absolute atomic E-state index is 14.8. The lowest BCUT2D eigenvalue weighted by Gasteiger charge is -2.38. The highest BCUT2D eigenvalue weighted by Crippen LogP contribution is 2.88. The third-order valence-electron chi connectivity index (χ3n) is 12.5. The van der Waals surface area contributed by atoms with E-state index in [1.807, 2.05) is 48.5 Å². The molecule has 4 N–H and O–H groups in total. The average molecular weight is 736 g/mol. The molecule has 3 saturated carbocycles. The van der Waals surface area contributed by atoms with E-state index in [-0.39, 0.29) is 28.2 Å². The molecule has 0 aromatic carbocycles. The summed E-state index contributed by atoms with van der Waals surface area (Å²) in [4.78, 5) is 70.5. The molecule has 0 radical (unpaired) electrons. The van der Waals surface area contributed by atoms with Gasteiger partial charge in [0.15, 0.2) is 11.2 Å². The van der Waals surface area contributed by atoms with Crippen LogP contribution in [-0.2, 0) is 30.3 Å². The molecule has 4 rings (SSSR count). The van der Waals surface area contributed by atoms with E-state index >= 15 is 0 Å². The first-order chi connectivity index (χ1) is 23.4. The molecule has 14 heteroatoms. The minimum absolute atomic E-state index is 0.0126. The summed E-state index contributed by atoms with van der Waals surface area (Å²) in [5.74, 6) is -2.14. The number of Topliss-reactive ketones (excluding diaryl/α,β-unsaturated/α-hetero) is 1. The van der Waals surface area contributed by atoms with Gasteiger partial charge in [0.05, 0.1) is 6.04 Å². The Bertz CT molecular complexity index is 1400. The molecule has 6 atom stereocenters. The van der Waals surface area contributed by atoms with Crippen LogP contribution in [0.4, 0.5) is 4.79 Å². The number of nitrogens with one attached hydrogen (secondary N) is 4. The number of nitrogens with zero attached hydrogens (tertiary/aromatic N) is 3. The Kier molecular flexibility index (Phi) is 11.9. The minimum atomic E-state index is -1.40. The van der Waals surface area contributed by atoms with Crippen LogP contribution in [0.25, 0.3) is 0 Å². The molecule has 51 heavy (non-hydrogen) atoms. The fourth-order valence-electron chi connectivity index (χ4n) is 8.81. The van der Waals surface area contributed by atoms with Crippen molar-refractivity contribution in [2.24, 2.45) is 27.1 Å². The Balaban J connectivity index is 1.59. The van der Waals surface area contributed by atoms with Gasteiger partial charge in [0.1, 0.15) is 12.1 Å².